The number of likely N-dealkylation sites (N-methyl/N-ethyl adjacent to an activating group) is 1. The Labute approximate surface area is 402 Å². The average molecular weight is 969 g/mol. The molecule has 6 rings (SSSR count). The fraction of sp³-hybridized carbons (Fsp3) is 0.375. The van der Waals surface area contributed by atoms with Crippen molar-refractivity contribution in [1.29, 1.82) is 0 Å². The molecular formula is C48H53ClN8O12. The molecule has 364 valence electrons. The van der Waals surface area contributed by atoms with Crippen molar-refractivity contribution in [2.45, 2.75) is 83.6 Å². The molecule has 0 spiro atoms. The number of imide groups is 2. The number of aryl methyl sites for hydroxylation is 1. The molecule has 3 atom stereocenters. The summed E-state index contributed by atoms with van der Waals surface area (Å²) >= 11 is 6.53. The second-order valence-corrected chi connectivity index (χ2v) is 17.1. The molecule has 0 aliphatic carbocycles. The van der Waals surface area contributed by atoms with E-state index in [0.717, 1.165) is 33.7 Å². The molecule has 5 N–H and O–H groups in total. The molecule has 10 amide bonds. The van der Waals surface area contributed by atoms with Gasteiger partial charge in [-0.25, -0.2) is 4.79 Å². The summed E-state index contributed by atoms with van der Waals surface area (Å²) in [4.78, 5) is 127. The van der Waals surface area contributed by atoms with Crippen molar-refractivity contribution in [1.82, 2.24) is 30.7 Å². The minimum absolute atomic E-state index is 0.0305. The Hall–Kier alpha value is -7.45. The number of nitrogens with zero attached hydrogens (tertiary/aromatic N) is 3. The third kappa shape index (κ3) is 14.0. The molecule has 0 saturated carbocycles. The van der Waals surface area contributed by atoms with Gasteiger partial charge in [-0.1, -0.05) is 41.9 Å². The molecule has 1 saturated heterocycles. The van der Waals surface area contributed by atoms with Crippen LogP contribution in [-0.4, -0.2) is 125 Å². The van der Waals surface area contributed by atoms with Crippen molar-refractivity contribution >= 4 is 82.2 Å². The molecule has 3 aromatic carbocycles. The molecule has 0 radical (unpaired) electrons. The Kier molecular flexibility index (Phi) is 17.4. The molecule has 0 bridgehead atoms. The Balaban J connectivity index is 0.820. The monoisotopic (exact) mass is 968 g/mol. The molecule has 1 fully saturated rings. The third-order valence-corrected chi connectivity index (χ3v) is 11.9. The highest BCUT2D eigenvalue weighted by Crippen LogP contribution is 2.29. The highest BCUT2D eigenvalue weighted by atomic mass is 35.5. The summed E-state index contributed by atoms with van der Waals surface area (Å²) in [6, 6.07) is 14.5. The van der Waals surface area contributed by atoms with Crippen LogP contribution in [0.3, 0.4) is 0 Å². The van der Waals surface area contributed by atoms with Gasteiger partial charge in [0.15, 0.2) is 0 Å². The number of anilines is 2. The molecule has 3 aliphatic heterocycles. The van der Waals surface area contributed by atoms with Crippen LogP contribution < -0.4 is 26.6 Å². The Bertz CT molecular complexity index is 2530. The van der Waals surface area contributed by atoms with Gasteiger partial charge in [0, 0.05) is 80.1 Å². The van der Waals surface area contributed by atoms with Crippen LogP contribution in [-0.2, 0) is 73.8 Å². The first-order chi connectivity index (χ1) is 32.9. The Morgan fingerprint density at radius 3 is 2.20 bits per heavy atom. The average Bonchev–Trinajstić information content (AvgIpc) is 3.82. The van der Waals surface area contributed by atoms with Crippen LogP contribution in [0.1, 0.15) is 72.1 Å². The van der Waals surface area contributed by atoms with Crippen LogP contribution in [0.25, 0.3) is 0 Å². The first-order valence-corrected chi connectivity index (χ1v) is 22.7. The number of hydrogen-bond donors (Lipinski definition) is 5. The quantitative estimate of drug-likeness (QED) is 0.0763. The van der Waals surface area contributed by atoms with E-state index in [1.165, 1.54) is 23.6 Å². The van der Waals surface area contributed by atoms with E-state index in [4.69, 9.17) is 21.1 Å². The van der Waals surface area contributed by atoms with E-state index in [1.807, 2.05) is 6.07 Å². The zero-order valence-electron chi connectivity index (χ0n) is 38.3. The number of ether oxygens (including phenoxy) is 2. The highest BCUT2D eigenvalue weighted by Gasteiger charge is 2.39. The smallest absolute Gasteiger partial charge is 0.409 e. The Morgan fingerprint density at radius 1 is 0.797 bits per heavy atom. The molecule has 69 heavy (non-hydrogen) atoms. The number of fused-ring (bicyclic) bond motifs is 1. The molecule has 21 heteroatoms. The van der Waals surface area contributed by atoms with Gasteiger partial charge in [0.1, 0.15) is 24.7 Å². The van der Waals surface area contributed by atoms with Gasteiger partial charge in [0.2, 0.25) is 35.4 Å². The first kappa shape index (κ1) is 51.0. The van der Waals surface area contributed by atoms with Crippen molar-refractivity contribution in [3.8, 4) is 0 Å². The molecule has 3 aromatic rings. The topological polar surface area (TPSA) is 259 Å². The summed E-state index contributed by atoms with van der Waals surface area (Å²) in [5, 5.41) is 13.3. The lowest BCUT2D eigenvalue weighted by Gasteiger charge is -2.29. The summed E-state index contributed by atoms with van der Waals surface area (Å²) < 4.78 is 11.2. The number of carbonyl (C=O) groups excluding carboxylic acids is 10. The zero-order chi connectivity index (χ0) is 49.8. The van der Waals surface area contributed by atoms with Crippen LogP contribution in [0.2, 0.25) is 5.02 Å². The SMILES string of the molecule is C[C@H](NC(=O)CCN1C(=O)C=CC1=O)C(=O)N[C@@H](C)C(=O)Nc1ccc(COC(=O)N(C)CCOCCc2ccc(NC(=O)CCc3ccc4c(c3)CN(C3CCC(=O)NC3=O)C4=O)cc2Cl)cc1. The molecular weight excluding hydrogens is 916 g/mol. The number of halogens is 1. The predicted octanol–water partition coefficient (Wildman–Crippen LogP) is 2.76. The van der Waals surface area contributed by atoms with Crippen molar-refractivity contribution in [2.24, 2.45) is 0 Å². The van der Waals surface area contributed by atoms with Gasteiger partial charge in [-0.2, -0.15) is 0 Å². The van der Waals surface area contributed by atoms with Crippen LogP contribution in [0.4, 0.5) is 16.2 Å². The maximum atomic E-state index is 13.0. The lowest BCUT2D eigenvalue weighted by atomic mass is 10.0. The standard InChI is InChI=1S/C48H53ClN8O12/c1-28(50-41(60)18-20-56-42(61)16-17-43(56)62)44(63)51-29(2)45(64)53-34-9-4-31(5-10-34)27-69-48(67)55(3)21-23-68-22-19-32-8-11-35(25-37(32)49)52-39(58)14-7-30-6-12-36-33(24-30)26-57(47(36)66)38-13-15-40(59)54-46(38)65/h4-6,8-12,16-17,24-25,28-29,38H,7,13-15,18-23,26-27H2,1-3H3,(H,50,60)(H,51,63)(H,52,58)(H,53,64)(H,54,59,65)/t28-,29-,38?/m0/s1. The number of carbonyl (C=O) groups is 10. The van der Waals surface area contributed by atoms with Crippen LogP contribution >= 0.6 is 11.6 Å². The number of benzene rings is 3. The fourth-order valence-electron chi connectivity index (χ4n) is 7.51. The van der Waals surface area contributed by atoms with Crippen molar-refractivity contribution in [3.63, 3.8) is 0 Å². The molecule has 20 nitrogen and oxygen atoms in total. The lowest BCUT2D eigenvalue weighted by Crippen LogP contribution is -2.52. The van der Waals surface area contributed by atoms with Crippen molar-refractivity contribution in [3.05, 3.63) is 106 Å². The minimum Gasteiger partial charge on any atom is -0.445 e. The highest BCUT2D eigenvalue weighted by molar-refractivity contribution is 6.31. The molecule has 1 unspecified atom stereocenters. The van der Waals surface area contributed by atoms with Gasteiger partial charge in [0.05, 0.1) is 13.2 Å². The maximum absolute atomic E-state index is 13.0. The van der Waals surface area contributed by atoms with E-state index in [2.05, 4.69) is 26.6 Å². The second kappa shape index (κ2) is 23.5. The van der Waals surface area contributed by atoms with Gasteiger partial charge in [-0.3, -0.25) is 53.4 Å². The summed E-state index contributed by atoms with van der Waals surface area (Å²) in [6.07, 6.45) is 3.03. The van der Waals surface area contributed by atoms with Crippen LogP contribution in [0, 0.1) is 0 Å². The summed E-state index contributed by atoms with van der Waals surface area (Å²) in [5.41, 5.74) is 4.59. The maximum Gasteiger partial charge on any atom is 0.409 e. The number of nitrogens with one attached hydrogen (secondary N) is 5. The summed E-state index contributed by atoms with van der Waals surface area (Å²) in [7, 11) is 1.58. The summed E-state index contributed by atoms with van der Waals surface area (Å²) in [5.74, 6) is -3.98. The van der Waals surface area contributed by atoms with Crippen LogP contribution in [0.15, 0.2) is 72.8 Å². The largest absolute Gasteiger partial charge is 0.445 e. The van der Waals surface area contributed by atoms with E-state index in [0.29, 0.717) is 47.0 Å². The molecule has 0 aromatic heterocycles. The number of rotatable bonds is 21. The van der Waals surface area contributed by atoms with Gasteiger partial charge < -0.3 is 40.5 Å². The van der Waals surface area contributed by atoms with E-state index < -0.39 is 59.7 Å². The molecule has 3 heterocycles. The van der Waals surface area contributed by atoms with Gasteiger partial charge in [-0.15, -0.1) is 0 Å². The third-order valence-electron chi connectivity index (χ3n) is 11.5. The van der Waals surface area contributed by atoms with Gasteiger partial charge >= 0.3 is 6.09 Å². The van der Waals surface area contributed by atoms with E-state index in [1.54, 1.807) is 61.6 Å². The normalized spacial score (nSPS) is 16.1. The minimum atomic E-state index is -0.991. The van der Waals surface area contributed by atoms with Crippen molar-refractivity contribution < 1.29 is 57.4 Å². The van der Waals surface area contributed by atoms with Crippen LogP contribution in [0.5, 0.6) is 0 Å². The van der Waals surface area contributed by atoms with E-state index in [-0.39, 0.29) is 76.3 Å². The summed E-state index contributed by atoms with van der Waals surface area (Å²) in [6.45, 7) is 3.83. The second-order valence-electron chi connectivity index (χ2n) is 16.7. The molecule has 3 aliphatic rings. The number of amides is 10. The predicted molar refractivity (Wildman–Crippen MR) is 249 cm³/mol. The van der Waals surface area contributed by atoms with Gasteiger partial charge in [-0.05, 0) is 85.7 Å². The van der Waals surface area contributed by atoms with Crippen molar-refractivity contribution in [2.75, 3.05) is 44.0 Å². The van der Waals surface area contributed by atoms with E-state index >= 15 is 0 Å². The number of hydrogen-bond acceptors (Lipinski definition) is 12. The number of piperidine rings is 1. The van der Waals surface area contributed by atoms with Gasteiger partial charge in [0.25, 0.3) is 17.7 Å². The van der Waals surface area contributed by atoms with E-state index in [9.17, 15) is 47.9 Å². The fourth-order valence-corrected chi connectivity index (χ4v) is 7.78. The first-order valence-electron chi connectivity index (χ1n) is 22.3. The Morgan fingerprint density at radius 2 is 1.49 bits per heavy atom. The zero-order valence-corrected chi connectivity index (χ0v) is 39.0. The lowest BCUT2D eigenvalue weighted by molar-refractivity contribution is -0.138.